The number of carboxylic acids is 1. The Labute approximate surface area is 137 Å². The van der Waals surface area contributed by atoms with E-state index in [4.69, 9.17) is 10.4 Å². The van der Waals surface area contributed by atoms with Crippen LogP contribution in [0.4, 0.5) is 0 Å². The highest BCUT2D eigenvalue weighted by Crippen LogP contribution is 2.10. The summed E-state index contributed by atoms with van der Waals surface area (Å²) in [7, 11) is 0. The highest BCUT2D eigenvalue weighted by atomic mass is 79.9. The van der Waals surface area contributed by atoms with Crippen LogP contribution in [0.3, 0.4) is 0 Å². The van der Waals surface area contributed by atoms with Gasteiger partial charge in [-0.2, -0.15) is 5.26 Å². The number of rotatable bonds is 8. The van der Waals surface area contributed by atoms with E-state index in [9.17, 15) is 9.59 Å². The number of carboxylic acid groups (broad SMARTS) is 1. The lowest BCUT2D eigenvalue weighted by Crippen LogP contribution is -2.27. The smallest absolute Gasteiger partial charge is 0.303 e. The molecule has 3 N–H and O–H groups in total. The topological polar surface area (TPSA) is 102 Å². The predicted octanol–water partition coefficient (Wildman–Crippen LogP) is 1.93. The number of halogens is 1. The summed E-state index contributed by atoms with van der Waals surface area (Å²) in [5.74, 6) is -1.43. The maximum atomic E-state index is 11.7. The van der Waals surface area contributed by atoms with Crippen LogP contribution in [0.15, 0.2) is 40.5 Å². The molecule has 7 heteroatoms. The van der Waals surface area contributed by atoms with Gasteiger partial charge in [0.1, 0.15) is 11.6 Å². The zero-order chi connectivity index (χ0) is 16.4. The summed E-state index contributed by atoms with van der Waals surface area (Å²) < 4.78 is 0.977. The quantitative estimate of drug-likeness (QED) is 0.371. The van der Waals surface area contributed by atoms with E-state index in [1.54, 1.807) is 0 Å². The third kappa shape index (κ3) is 6.90. The van der Waals surface area contributed by atoms with E-state index in [-0.39, 0.29) is 18.5 Å². The van der Waals surface area contributed by atoms with Gasteiger partial charge in [-0.25, -0.2) is 0 Å². The van der Waals surface area contributed by atoms with Gasteiger partial charge in [0.2, 0.25) is 0 Å². The van der Waals surface area contributed by atoms with Gasteiger partial charge in [0.15, 0.2) is 0 Å². The van der Waals surface area contributed by atoms with E-state index in [1.807, 2.05) is 30.3 Å². The van der Waals surface area contributed by atoms with Crippen molar-refractivity contribution in [2.75, 3.05) is 6.54 Å². The van der Waals surface area contributed by atoms with E-state index >= 15 is 0 Å². The molecule has 0 atom stereocenters. The Morgan fingerprint density at radius 3 is 2.59 bits per heavy atom. The normalized spacial score (nSPS) is 10.6. The minimum Gasteiger partial charge on any atom is -0.481 e. The second-order valence-electron chi connectivity index (χ2n) is 4.43. The van der Waals surface area contributed by atoms with Crippen molar-refractivity contribution in [2.24, 2.45) is 0 Å². The fraction of sp³-hybridized carbons (Fsp3) is 0.267. The van der Waals surface area contributed by atoms with Crippen molar-refractivity contribution in [3.63, 3.8) is 0 Å². The zero-order valence-corrected chi connectivity index (χ0v) is 13.4. The second-order valence-corrected chi connectivity index (χ2v) is 5.35. The van der Waals surface area contributed by atoms with Crippen LogP contribution in [0, 0.1) is 11.3 Å². The van der Waals surface area contributed by atoms with Crippen LogP contribution < -0.4 is 10.6 Å². The minimum absolute atomic E-state index is 0.0201. The van der Waals surface area contributed by atoms with Gasteiger partial charge >= 0.3 is 5.97 Å². The number of aliphatic carboxylic acids is 1. The van der Waals surface area contributed by atoms with E-state index in [1.165, 1.54) is 6.20 Å². The van der Waals surface area contributed by atoms with Crippen molar-refractivity contribution < 1.29 is 14.7 Å². The fourth-order valence-corrected chi connectivity index (χ4v) is 1.82. The molecule has 22 heavy (non-hydrogen) atoms. The number of hydrogen-bond donors (Lipinski definition) is 3. The summed E-state index contributed by atoms with van der Waals surface area (Å²) in [5, 5.41) is 22.9. The molecule has 1 aromatic carbocycles. The number of carbonyl (C=O) groups excluding carboxylic acids is 1. The largest absolute Gasteiger partial charge is 0.481 e. The Kier molecular flexibility index (Phi) is 7.72. The third-order valence-electron chi connectivity index (χ3n) is 2.68. The molecule has 0 bridgehead atoms. The van der Waals surface area contributed by atoms with Gasteiger partial charge < -0.3 is 15.7 Å². The van der Waals surface area contributed by atoms with Crippen molar-refractivity contribution in [2.45, 2.75) is 19.4 Å². The molecule has 116 valence electrons. The first-order valence-electron chi connectivity index (χ1n) is 6.61. The van der Waals surface area contributed by atoms with Crippen molar-refractivity contribution >= 4 is 27.8 Å². The number of hydrogen-bond acceptors (Lipinski definition) is 4. The van der Waals surface area contributed by atoms with Crippen LogP contribution in [0.1, 0.15) is 18.4 Å². The predicted molar refractivity (Wildman–Crippen MR) is 84.6 cm³/mol. The van der Waals surface area contributed by atoms with E-state index in [0.717, 1.165) is 10.0 Å². The molecule has 0 heterocycles. The number of carbonyl (C=O) groups is 2. The van der Waals surface area contributed by atoms with Crippen molar-refractivity contribution in [3.8, 4) is 6.07 Å². The molecule has 1 amide bonds. The molecular formula is C15H16BrN3O3. The molecule has 0 aliphatic heterocycles. The number of amides is 1. The molecule has 6 nitrogen and oxygen atoms in total. The molecule has 0 radical (unpaired) electrons. The van der Waals surface area contributed by atoms with Crippen molar-refractivity contribution in [1.82, 2.24) is 10.6 Å². The monoisotopic (exact) mass is 365 g/mol. The summed E-state index contributed by atoms with van der Waals surface area (Å²) >= 11 is 3.34. The maximum absolute atomic E-state index is 11.7. The number of nitrogens with one attached hydrogen (secondary N) is 2. The van der Waals surface area contributed by atoms with Crippen molar-refractivity contribution in [3.05, 3.63) is 46.1 Å². The molecule has 0 spiro atoms. The van der Waals surface area contributed by atoms with Gasteiger partial charge in [0.05, 0.1) is 0 Å². The zero-order valence-electron chi connectivity index (χ0n) is 11.8. The second kappa shape index (κ2) is 9.58. The van der Waals surface area contributed by atoms with Gasteiger partial charge in [0.25, 0.3) is 5.91 Å². The lowest BCUT2D eigenvalue weighted by molar-refractivity contribution is -0.137. The number of nitriles is 1. The first-order chi connectivity index (χ1) is 10.5. The summed E-state index contributed by atoms with van der Waals surface area (Å²) in [6.07, 6.45) is 1.66. The lowest BCUT2D eigenvalue weighted by atomic mass is 10.2. The van der Waals surface area contributed by atoms with Gasteiger partial charge in [-0.15, -0.1) is 0 Å². The molecule has 0 fully saturated rings. The maximum Gasteiger partial charge on any atom is 0.303 e. The Hall–Kier alpha value is -2.33. The van der Waals surface area contributed by atoms with E-state index in [2.05, 4.69) is 26.6 Å². The first kappa shape index (κ1) is 17.7. The third-order valence-corrected chi connectivity index (χ3v) is 3.21. The van der Waals surface area contributed by atoms with Crippen LogP contribution in [-0.4, -0.2) is 23.5 Å². The van der Waals surface area contributed by atoms with Gasteiger partial charge in [0, 0.05) is 30.2 Å². The molecule has 1 aromatic rings. The molecule has 0 aliphatic carbocycles. The molecule has 0 saturated carbocycles. The van der Waals surface area contributed by atoms with Crippen LogP contribution in [0.2, 0.25) is 0 Å². The first-order valence-corrected chi connectivity index (χ1v) is 7.40. The van der Waals surface area contributed by atoms with Crippen LogP contribution in [-0.2, 0) is 16.1 Å². The lowest BCUT2D eigenvalue weighted by Gasteiger charge is -2.05. The Morgan fingerprint density at radius 1 is 1.32 bits per heavy atom. The average Bonchev–Trinajstić information content (AvgIpc) is 2.49. The summed E-state index contributed by atoms with van der Waals surface area (Å²) in [6.45, 7) is 0.710. The number of benzene rings is 1. The number of nitrogens with zero attached hydrogens (tertiary/aromatic N) is 1. The SMILES string of the molecule is N#C/C(=C/NCc1ccc(Br)cc1)C(=O)NCCCC(=O)O. The molecule has 0 aromatic heterocycles. The van der Waals surface area contributed by atoms with Gasteiger partial charge in [-0.1, -0.05) is 28.1 Å². The molecule has 0 aliphatic rings. The van der Waals surface area contributed by atoms with Crippen LogP contribution >= 0.6 is 15.9 Å². The van der Waals surface area contributed by atoms with Crippen LogP contribution in [0.5, 0.6) is 0 Å². The molecule has 0 saturated heterocycles. The summed E-state index contributed by atoms with van der Waals surface area (Å²) in [4.78, 5) is 22.1. The average molecular weight is 366 g/mol. The van der Waals surface area contributed by atoms with E-state index < -0.39 is 11.9 Å². The van der Waals surface area contributed by atoms with Crippen molar-refractivity contribution in [1.29, 1.82) is 5.26 Å². The molecule has 0 unspecified atom stereocenters. The van der Waals surface area contributed by atoms with Crippen LogP contribution in [0.25, 0.3) is 0 Å². The fourth-order valence-electron chi connectivity index (χ4n) is 1.56. The molecular weight excluding hydrogens is 350 g/mol. The minimum atomic E-state index is -0.915. The molecule has 1 rings (SSSR count). The highest BCUT2D eigenvalue weighted by Gasteiger charge is 2.08. The van der Waals surface area contributed by atoms with Gasteiger partial charge in [-0.05, 0) is 24.1 Å². The Bertz CT molecular complexity index is 591. The Balaban J connectivity index is 2.42. The summed E-state index contributed by atoms with van der Waals surface area (Å²) in [5.41, 5.74) is 0.964. The standard InChI is InChI=1S/C15H16BrN3O3/c16-13-5-3-11(4-6-13)9-18-10-12(8-17)15(22)19-7-1-2-14(20)21/h3-6,10,18H,1-2,7,9H2,(H,19,22)(H,20,21)/b12-10-. The van der Waals surface area contributed by atoms with E-state index in [0.29, 0.717) is 13.0 Å². The Morgan fingerprint density at radius 2 is 2.00 bits per heavy atom. The highest BCUT2D eigenvalue weighted by molar-refractivity contribution is 9.10. The summed E-state index contributed by atoms with van der Waals surface area (Å²) in [6, 6.07) is 9.46. The van der Waals surface area contributed by atoms with Gasteiger partial charge in [-0.3, -0.25) is 9.59 Å².